The fraction of sp³-hybridized carbons (Fsp3) is 0.778. The molecule has 8 unspecified atom stereocenters. The predicted molar refractivity (Wildman–Crippen MR) is 130 cm³/mol. The van der Waals surface area contributed by atoms with Gasteiger partial charge in [-0.25, -0.2) is 0 Å². The zero-order valence-electron chi connectivity index (χ0n) is 21.4. The number of carbonyl (C=O) groups is 2. The molecule has 0 amide bonds. The Morgan fingerprint density at radius 3 is 2.68 bits per heavy atom. The zero-order chi connectivity index (χ0) is 25.5. The summed E-state index contributed by atoms with van der Waals surface area (Å²) in [6, 6.07) is 0. The Kier molecular flexibility index (Phi) is 10.9. The Hall–Kier alpha value is -1.54. The molecule has 0 radical (unpaired) electrons. The Morgan fingerprint density at radius 1 is 1.29 bits per heavy atom. The van der Waals surface area contributed by atoms with Crippen molar-refractivity contribution >= 4 is 11.8 Å². The highest BCUT2D eigenvalue weighted by atomic mass is 16.6. The minimum absolute atomic E-state index is 0.0590. The first-order valence-electron chi connectivity index (χ1n) is 12.7. The molecule has 2 heterocycles. The molecule has 2 saturated heterocycles. The third-order valence-electron chi connectivity index (χ3n) is 7.28. The minimum Gasteiger partial charge on any atom is -0.457 e. The van der Waals surface area contributed by atoms with Crippen LogP contribution in [-0.2, 0) is 19.1 Å². The van der Waals surface area contributed by atoms with Crippen LogP contribution in [0.1, 0.15) is 86.0 Å². The second-order valence-corrected chi connectivity index (χ2v) is 10.4. The van der Waals surface area contributed by atoms with Crippen LogP contribution in [0.25, 0.3) is 0 Å². The molecular formula is C27H44O7. The van der Waals surface area contributed by atoms with Gasteiger partial charge in [0.25, 0.3) is 0 Å². The van der Waals surface area contributed by atoms with Gasteiger partial charge in [0.15, 0.2) is 0 Å². The van der Waals surface area contributed by atoms with Crippen molar-refractivity contribution in [2.75, 3.05) is 0 Å². The van der Waals surface area contributed by atoms with Crippen molar-refractivity contribution in [2.45, 2.75) is 122 Å². The first-order chi connectivity index (χ1) is 15.9. The number of allylic oxidation sites excluding steroid dienone is 3. The molecule has 194 valence electrons. The SMILES string of the molecule is CCC(O)C(C)C1OC1CCC=CC=C(C)C1OC(=O)CC(O)CCC(C)(O)CCC(=O)C1C. The van der Waals surface area contributed by atoms with Gasteiger partial charge in [-0.2, -0.15) is 0 Å². The molecule has 2 aliphatic heterocycles. The van der Waals surface area contributed by atoms with Crippen molar-refractivity contribution in [3.8, 4) is 0 Å². The van der Waals surface area contributed by atoms with Crippen LogP contribution in [0.5, 0.6) is 0 Å². The molecular weight excluding hydrogens is 436 g/mol. The van der Waals surface area contributed by atoms with Crippen molar-refractivity contribution in [3.63, 3.8) is 0 Å². The quantitative estimate of drug-likeness (QED) is 0.276. The zero-order valence-corrected chi connectivity index (χ0v) is 21.4. The number of cyclic esters (lactones) is 1. The fourth-order valence-corrected chi connectivity index (χ4v) is 4.58. The molecule has 0 aliphatic carbocycles. The molecule has 2 rings (SSSR count). The average molecular weight is 481 g/mol. The van der Waals surface area contributed by atoms with E-state index in [0.29, 0.717) is 12.8 Å². The van der Waals surface area contributed by atoms with Crippen LogP contribution in [-0.4, -0.2) is 63.2 Å². The topological polar surface area (TPSA) is 117 Å². The highest BCUT2D eigenvalue weighted by Gasteiger charge is 2.44. The molecule has 7 heteroatoms. The number of Topliss-reactive ketones (excluding diaryl/α,β-unsaturated/α-hetero) is 1. The number of ketones is 1. The highest BCUT2D eigenvalue weighted by molar-refractivity contribution is 5.82. The lowest BCUT2D eigenvalue weighted by Gasteiger charge is -2.29. The van der Waals surface area contributed by atoms with E-state index in [1.54, 1.807) is 13.8 Å². The largest absolute Gasteiger partial charge is 0.457 e. The summed E-state index contributed by atoms with van der Waals surface area (Å²) in [6.07, 6.45) is 7.50. The number of hydrogen-bond acceptors (Lipinski definition) is 7. The van der Waals surface area contributed by atoms with Crippen molar-refractivity contribution in [1.29, 1.82) is 0 Å². The minimum atomic E-state index is -1.06. The molecule has 7 nitrogen and oxygen atoms in total. The second kappa shape index (κ2) is 13.0. The van der Waals surface area contributed by atoms with Crippen LogP contribution in [0, 0.1) is 11.8 Å². The molecule has 34 heavy (non-hydrogen) atoms. The average Bonchev–Trinajstić information content (AvgIpc) is 3.56. The van der Waals surface area contributed by atoms with Gasteiger partial charge in [-0.3, -0.25) is 9.59 Å². The third-order valence-corrected chi connectivity index (χ3v) is 7.28. The summed E-state index contributed by atoms with van der Waals surface area (Å²) < 4.78 is 11.4. The lowest BCUT2D eigenvalue weighted by atomic mass is 9.86. The van der Waals surface area contributed by atoms with Gasteiger partial charge in [0, 0.05) is 12.3 Å². The molecule has 8 atom stereocenters. The Balaban J connectivity index is 1.96. The number of esters is 1. The molecule has 3 N–H and O–H groups in total. The Labute approximate surface area is 204 Å². The smallest absolute Gasteiger partial charge is 0.309 e. The van der Waals surface area contributed by atoms with E-state index in [1.165, 1.54) is 0 Å². The first kappa shape index (κ1) is 28.7. The van der Waals surface area contributed by atoms with Crippen LogP contribution in [0.15, 0.2) is 23.8 Å². The molecule has 2 aliphatic rings. The summed E-state index contributed by atoms with van der Waals surface area (Å²) in [4.78, 5) is 25.2. The number of ether oxygens (including phenoxy) is 2. The number of carbonyl (C=O) groups excluding carboxylic acids is 2. The summed E-state index contributed by atoms with van der Waals surface area (Å²) in [6.45, 7) is 9.23. The molecule has 0 saturated carbocycles. The van der Waals surface area contributed by atoms with Crippen molar-refractivity contribution in [2.24, 2.45) is 11.8 Å². The lowest BCUT2D eigenvalue weighted by molar-refractivity contribution is -0.153. The monoisotopic (exact) mass is 480 g/mol. The van der Waals surface area contributed by atoms with E-state index in [9.17, 15) is 24.9 Å². The van der Waals surface area contributed by atoms with Crippen LogP contribution in [0.2, 0.25) is 0 Å². The molecule has 0 aromatic rings. The normalized spacial score (nSPS) is 35.9. The van der Waals surface area contributed by atoms with Crippen LogP contribution in [0.4, 0.5) is 0 Å². The summed E-state index contributed by atoms with van der Waals surface area (Å²) in [5, 5.41) is 30.6. The third kappa shape index (κ3) is 8.91. The maximum Gasteiger partial charge on any atom is 0.309 e. The van der Waals surface area contributed by atoms with Gasteiger partial charge >= 0.3 is 5.97 Å². The summed E-state index contributed by atoms with van der Waals surface area (Å²) >= 11 is 0. The molecule has 0 aromatic heterocycles. The van der Waals surface area contributed by atoms with E-state index in [-0.39, 0.29) is 49.3 Å². The predicted octanol–water partition coefficient (Wildman–Crippen LogP) is 3.64. The van der Waals surface area contributed by atoms with Gasteiger partial charge in [-0.15, -0.1) is 0 Å². The van der Waals surface area contributed by atoms with E-state index in [2.05, 4.69) is 0 Å². The molecule has 0 aromatic carbocycles. The number of hydrogen-bond donors (Lipinski definition) is 3. The van der Waals surface area contributed by atoms with E-state index in [0.717, 1.165) is 24.8 Å². The van der Waals surface area contributed by atoms with Gasteiger partial charge in [0.1, 0.15) is 11.9 Å². The molecule has 2 fully saturated rings. The number of aliphatic hydroxyl groups is 3. The van der Waals surface area contributed by atoms with Gasteiger partial charge in [-0.05, 0) is 57.9 Å². The summed E-state index contributed by atoms with van der Waals surface area (Å²) in [5.74, 6) is -1.02. The standard InChI is InChI=1S/C27H44O7/c1-6-21(29)18(3)26-23(33-26)11-9-7-8-10-17(2)25-19(4)22(30)13-15-27(5,32)14-12-20(28)16-24(31)34-25/h7-8,10,18-21,23,25-26,28-29,32H,6,9,11-16H2,1-5H3. The number of rotatable bonds is 8. The Morgan fingerprint density at radius 2 is 2.00 bits per heavy atom. The van der Waals surface area contributed by atoms with Gasteiger partial charge in [-0.1, -0.05) is 39.0 Å². The van der Waals surface area contributed by atoms with Gasteiger partial charge in [0.05, 0.1) is 42.4 Å². The van der Waals surface area contributed by atoms with Gasteiger partial charge in [0.2, 0.25) is 0 Å². The van der Waals surface area contributed by atoms with E-state index in [1.807, 2.05) is 39.0 Å². The second-order valence-electron chi connectivity index (χ2n) is 10.4. The molecule has 0 spiro atoms. The lowest BCUT2D eigenvalue weighted by Crippen LogP contribution is -2.35. The van der Waals surface area contributed by atoms with Crippen LogP contribution >= 0.6 is 0 Å². The van der Waals surface area contributed by atoms with E-state index < -0.39 is 29.7 Å². The molecule has 0 bridgehead atoms. The Bertz CT molecular complexity index is 741. The highest BCUT2D eigenvalue weighted by Crippen LogP contribution is 2.35. The first-order valence-corrected chi connectivity index (χ1v) is 12.7. The van der Waals surface area contributed by atoms with Crippen molar-refractivity contribution in [3.05, 3.63) is 23.8 Å². The maximum atomic E-state index is 12.8. The number of aliphatic hydroxyl groups excluding tert-OH is 2. The summed E-state index contributed by atoms with van der Waals surface area (Å²) in [7, 11) is 0. The van der Waals surface area contributed by atoms with Crippen molar-refractivity contribution < 1.29 is 34.4 Å². The fourth-order valence-electron chi connectivity index (χ4n) is 4.58. The van der Waals surface area contributed by atoms with Crippen LogP contribution in [0.3, 0.4) is 0 Å². The summed E-state index contributed by atoms with van der Waals surface area (Å²) in [5.41, 5.74) is -0.303. The number of epoxide rings is 1. The maximum absolute atomic E-state index is 12.8. The van der Waals surface area contributed by atoms with E-state index >= 15 is 0 Å². The van der Waals surface area contributed by atoms with Crippen LogP contribution < -0.4 is 0 Å². The van der Waals surface area contributed by atoms with Gasteiger partial charge < -0.3 is 24.8 Å². The van der Waals surface area contributed by atoms with Crippen molar-refractivity contribution in [1.82, 2.24) is 0 Å². The van der Waals surface area contributed by atoms with E-state index in [4.69, 9.17) is 9.47 Å².